The first-order valence-corrected chi connectivity index (χ1v) is 11.8. The van der Waals surface area contributed by atoms with Gasteiger partial charge in [0.25, 0.3) is 0 Å². The van der Waals surface area contributed by atoms with Crippen LogP contribution >= 0.6 is 23.1 Å². The van der Waals surface area contributed by atoms with Crippen molar-refractivity contribution in [2.45, 2.75) is 54.9 Å². The topological polar surface area (TPSA) is 106 Å². The zero-order valence-corrected chi connectivity index (χ0v) is 15.8. The predicted octanol–water partition coefficient (Wildman–Crippen LogP) is 1.56. The molecule has 0 spiro atoms. The number of carbonyl (C=O) groups excluding carboxylic acids is 1. The van der Waals surface area contributed by atoms with Crippen molar-refractivity contribution in [2.24, 2.45) is 0 Å². The second-order valence-corrected chi connectivity index (χ2v) is 10.8. The molecule has 2 aliphatic rings. The molecular weight excluding hydrogens is 368 g/mol. The van der Waals surface area contributed by atoms with E-state index in [9.17, 15) is 13.2 Å². The van der Waals surface area contributed by atoms with Gasteiger partial charge in [-0.05, 0) is 19.3 Å². The number of hydrogen-bond donors (Lipinski definition) is 1. The summed E-state index contributed by atoms with van der Waals surface area (Å²) in [5.74, 6) is 0.546. The predicted molar refractivity (Wildman–Crippen MR) is 95.8 cm³/mol. The maximum Gasteiger partial charge on any atom is 0.233 e. The maximum absolute atomic E-state index is 12.9. The molecule has 1 aliphatic carbocycles. The van der Waals surface area contributed by atoms with Crippen molar-refractivity contribution in [2.75, 3.05) is 23.0 Å². The maximum atomic E-state index is 12.9. The first kappa shape index (κ1) is 17.9. The number of aromatic nitrogens is 2. The van der Waals surface area contributed by atoms with Crippen LogP contribution in [0.2, 0.25) is 0 Å². The number of thioether (sulfide) groups is 1. The monoisotopic (exact) mass is 390 g/mol. The van der Waals surface area contributed by atoms with E-state index in [0.717, 1.165) is 25.7 Å². The largest absolute Gasteiger partial charge is 0.374 e. The molecule has 0 aromatic carbocycles. The summed E-state index contributed by atoms with van der Waals surface area (Å²) in [5, 5.41) is 8.05. The lowest BCUT2D eigenvalue weighted by molar-refractivity contribution is -0.133. The summed E-state index contributed by atoms with van der Waals surface area (Å²) in [7, 11) is -3.01. The molecule has 1 aliphatic heterocycles. The lowest BCUT2D eigenvalue weighted by atomic mass is 9.93. The molecule has 0 radical (unpaired) electrons. The summed E-state index contributed by atoms with van der Waals surface area (Å²) >= 11 is 2.59. The van der Waals surface area contributed by atoms with E-state index in [2.05, 4.69) is 10.2 Å². The Bertz CT molecular complexity index is 685. The molecule has 1 saturated heterocycles. The zero-order chi connectivity index (χ0) is 17.2. The van der Waals surface area contributed by atoms with E-state index in [1.165, 1.54) is 29.5 Å². The molecule has 10 heteroatoms. The molecule has 3 rings (SSSR count). The van der Waals surface area contributed by atoms with E-state index in [-0.39, 0.29) is 35.2 Å². The number of nitrogens with two attached hydrogens (primary N) is 1. The number of nitrogen functional groups attached to an aromatic ring is 1. The number of hydrogen-bond acceptors (Lipinski definition) is 8. The van der Waals surface area contributed by atoms with Crippen molar-refractivity contribution in [3.63, 3.8) is 0 Å². The zero-order valence-electron chi connectivity index (χ0n) is 13.4. The van der Waals surface area contributed by atoms with E-state index in [4.69, 9.17) is 5.73 Å². The number of amides is 1. The molecule has 7 nitrogen and oxygen atoms in total. The third-order valence-corrected chi connectivity index (χ3v) is 8.22. The molecule has 1 aromatic rings. The second-order valence-electron chi connectivity index (χ2n) is 6.34. The summed E-state index contributed by atoms with van der Waals surface area (Å²) in [6.07, 6.45) is 5.90. The Kier molecular flexibility index (Phi) is 5.66. The van der Waals surface area contributed by atoms with Crippen LogP contribution in [0.4, 0.5) is 5.13 Å². The summed E-state index contributed by atoms with van der Waals surface area (Å²) in [6, 6.07) is -0.00433. The van der Waals surface area contributed by atoms with E-state index in [1.807, 2.05) is 4.90 Å². The minimum atomic E-state index is -3.01. The van der Waals surface area contributed by atoms with Crippen LogP contribution in [-0.2, 0) is 14.6 Å². The van der Waals surface area contributed by atoms with Crippen LogP contribution in [0.5, 0.6) is 0 Å². The fraction of sp³-hybridized carbons (Fsp3) is 0.786. The summed E-state index contributed by atoms with van der Waals surface area (Å²) in [6.45, 7) is 0. The molecule has 1 amide bonds. The van der Waals surface area contributed by atoms with Crippen LogP contribution in [0, 0.1) is 0 Å². The van der Waals surface area contributed by atoms with E-state index in [0.29, 0.717) is 15.9 Å². The van der Waals surface area contributed by atoms with Crippen LogP contribution in [0.15, 0.2) is 4.34 Å². The smallest absolute Gasteiger partial charge is 0.233 e. The average molecular weight is 391 g/mol. The number of nitrogens with zero attached hydrogens (tertiary/aromatic N) is 3. The number of carbonyl (C=O) groups is 1. The molecular formula is C14H22N4O3S3. The van der Waals surface area contributed by atoms with Gasteiger partial charge in [0.15, 0.2) is 14.2 Å². The van der Waals surface area contributed by atoms with Gasteiger partial charge in [-0.3, -0.25) is 4.79 Å². The fourth-order valence-electron chi connectivity index (χ4n) is 3.54. The second kappa shape index (κ2) is 7.57. The number of anilines is 1. The van der Waals surface area contributed by atoms with Crippen molar-refractivity contribution >= 4 is 44.0 Å². The Balaban J connectivity index is 1.69. The highest BCUT2D eigenvalue weighted by molar-refractivity contribution is 8.01. The van der Waals surface area contributed by atoms with Gasteiger partial charge in [0.1, 0.15) is 0 Å². The number of sulfone groups is 1. The Labute approximate surface area is 150 Å². The Morgan fingerprint density at radius 2 is 1.96 bits per heavy atom. The van der Waals surface area contributed by atoms with Crippen LogP contribution in [-0.4, -0.2) is 58.8 Å². The molecule has 1 aromatic heterocycles. The quantitative estimate of drug-likeness (QED) is 0.760. The van der Waals surface area contributed by atoms with Gasteiger partial charge in [-0.1, -0.05) is 42.4 Å². The molecule has 134 valence electrons. The van der Waals surface area contributed by atoms with Crippen LogP contribution in [0.1, 0.15) is 38.5 Å². The first-order valence-electron chi connectivity index (χ1n) is 8.18. The summed E-state index contributed by atoms with van der Waals surface area (Å²) < 4.78 is 24.4. The van der Waals surface area contributed by atoms with Crippen molar-refractivity contribution in [3.8, 4) is 0 Å². The molecule has 2 heterocycles. The Morgan fingerprint density at radius 1 is 1.21 bits per heavy atom. The third-order valence-electron chi connectivity index (χ3n) is 4.60. The van der Waals surface area contributed by atoms with Gasteiger partial charge >= 0.3 is 0 Å². The molecule has 1 saturated carbocycles. The third kappa shape index (κ3) is 4.40. The van der Waals surface area contributed by atoms with Crippen molar-refractivity contribution < 1.29 is 13.2 Å². The van der Waals surface area contributed by atoms with E-state index in [1.54, 1.807) is 0 Å². The molecule has 2 fully saturated rings. The van der Waals surface area contributed by atoms with Gasteiger partial charge < -0.3 is 10.6 Å². The lowest BCUT2D eigenvalue weighted by Crippen LogP contribution is -2.49. The fourth-order valence-corrected chi connectivity index (χ4v) is 6.75. The van der Waals surface area contributed by atoms with Crippen LogP contribution in [0.3, 0.4) is 0 Å². The van der Waals surface area contributed by atoms with Gasteiger partial charge in [0, 0.05) is 12.1 Å². The van der Waals surface area contributed by atoms with Crippen molar-refractivity contribution in [1.29, 1.82) is 0 Å². The minimum Gasteiger partial charge on any atom is -0.374 e. The van der Waals surface area contributed by atoms with Gasteiger partial charge in [-0.25, -0.2) is 8.42 Å². The summed E-state index contributed by atoms with van der Waals surface area (Å²) in [5.41, 5.74) is 5.56. The highest BCUT2D eigenvalue weighted by Gasteiger charge is 2.38. The SMILES string of the molecule is Nc1nnc(SCC(=O)N(C2CCCCC2)[C@H]2CCS(=O)(=O)C2)s1. The average Bonchev–Trinajstić information content (AvgIpc) is 3.12. The van der Waals surface area contributed by atoms with Crippen LogP contribution < -0.4 is 5.73 Å². The van der Waals surface area contributed by atoms with Gasteiger partial charge in [0.2, 0.25) is 11.0 Å². The normalized spacial score (nSPS) is 24.1. The Morgan fingerprint density at radius 3 is 2.54 bits per heavy atom. The van der Waals surface area contributed by atoms with Gasteiger partial charge in [-0.2, -0.15) is 0 Å². The molecule has 2 N–H and O–H groups in total. The highest BCUT2D eigenvalue weighted by atomic mass is 32.2. The molecule has 1 atom stereocenters. The van der Waals surface area contributed by atoms with Gasteiger partial charge in [-0.15, -0.1) is 10.2 Å². The van der Waals surface area contributed by atoms with Crippen LogP contribution in [0.25, 0.3) is 0 Å². The standard InChI is InChI=1S/C14H22N4O3S3/c15-13-16-17-14(23-13)22-8-12(19)18(10-4-2-1-3-5-10)11-6-7-24(20,21)9-11/h10-11H,1-9H2,(H2,15,16)/t11-/m0/s1. The molecule has 0 bridgehead atoms. The minimum absolute atomic E-state index is 0.00257. The molecule has 24 heavy (non-hydrogen) atoms. The highest BCUT2D eigenvalue weighted by Crippen LogP contribution is 2.30. The van der Waals surface area contributed by atoms with E-state index >= 15 is 0 Å². The summed E-state index contributed by atoms with van der Waals surface area (Å²) in [4.78, 5) is 14.7. The van der Waals surface area contributed by atoms with Crippen molar-refractivity contribution in [3.05, 3.63) is 0 Å². The first-order chi connectivity index (χ1) is 11.4. The van der Waals surface area contributed by atoms with E-state index < -0.39 is 9.84 Å². The van der Waals surface area contributed by atoms with Crippen molar-refractivity contribution in [1.82, 2.24) is 15.1 Å². The Hall–Kier alpha value is -0.870. The van der Waals surface area contributed by atoms with Gasteiger partial charge in [0.05, 0.1) is 17.3 Å². The molecule has 0 unspecified atom stereocenters. The number of rotatable bonds is 5. The lowest BCUT2D eigenvalue weighted by Gasteiger charge is -2.38.